The lowest BCUT2D eigenvalue weighted by Gasteiger charge is -2.22. The van der Waals surface area contributed by atoms with Crippen LogP contribution in [-0.4, -0.2) is 35.9 Å². The third-order valence-electron chi connectivity index (χ3n) is 6.41. The molecule has 1 fully saturated rings. The standard InChI is InChI=1S/C26H31N5O4S/c1-20-25(26(33)31(29(20)2)22-15-9-5-10-16-22)30(36(34,35)23-17-11-6-12-18-23)19-24(32)28-27-21-13-7-3-4-8-14-21/h5-6,9-12,15-18H,3-4,7-8,13-14,19H2,1-2H3,(H,28,32). The lowest BCUT2D eigenvalue weighted by Crippen LogP contribution is -2.42. The van der Waals surface area contributed by atoms with Gasteiger partial charge in [0.2, 0.25) is 0 Å². The van der Waals surface area contributed by atoms with Crippen LogP contribution in [0.3, 0.4) is 0 Å². The Labute approximate surface area is 211 Å². The van der Waals surface area contributed by atoms with E-state index in [1.807, 2.05) is 6.07 Å². The maximum Gasteiger partial charge on any atom is 0.296 e. The van der Waals surface area contributed by atoms with Gasteiger partial charge in [-0.05, 0) is 56.9 Å². The van der Waals surface area contributed by atoms with Crippen molar-refractivity contribution in [3.05, 3.63) is 76.7 Å². The van der Waals surface area contributed by atoms with Gasteiger partial charge < -0.3 is 0 Å². The number of rotatable bonds is 7. The van der Waals surface area contributed by atoms with Crippen molar-refractivity contribution in [3.63, 3.8) is 0 Å². The normalized spacial score (nSPS) is 14.2. The van der Waals surface area contributed by atoms with E-state index in [4.69, 9.17) is 0 Å². The summed E-state index contributed by atoms with van der Waals surface area (Å²) in [5, 5.41) is 4.27. The third-order valence-corrected chi connectivity index (χ3v) is 8.17. The number of carbonyl (C=O) groups excluding carboxylic acids is 1. The summed E-state index contributed by atoms with van der Waals surface area (Å²) < 4.78 is 31.3. The van der Waals surface area contributed by atoms with E-state index in [2.05, 4.69) is 10.5 Å². The topological polar surface area (TPSA) is 106 Å². The molecule has 1 saturated carbocycles. The molecule has 1 heterocycles. The number of carbonyl (C=O) groups is 1. The summed E-state index contributed by atoms with van der Waals surface area (Å²) in [6.07, 6.45) is 5.93. The molecule has 0 unspecified atom stereocenters. The van der Waals surface area contributed by atoms with E-state index in [0.29, 0.717) is 11.4 Å². The lowest BCUT2D eigenvalue weighted by atomic mass is 10.2. The van der Waals surface area contributed by atoms with E-state index in [1.165, 1.54) is 16.8 Å². The first-order valence-electron chi connectivity index (χ1n) is 12.1. The minimum atomic E-state index is -4.23. The number of hydrogen-bond acceptors (Lipinski definition) is 5. The molecule has 0 radical (unpaired) electrons. The van der Waals surface area contributed by atoms with Crippen molar-refractivity contribution < 1.29 is 13.2 Å². The van der Waals surface area contributed by atoms with E-state index in [0.717, 1.165) is 48.5 Å². The van der Waals surface area contributed by atoms with E-state index in [1.54, 1.807) is 61.1 Å². The summed E-state index contributed by atoms with van der Waals surface area (Å²) in [6, 6.07) is 16.7. The Kier molecular flexibility index (Phi) is 7.73. The van der Waals surface area contributed by atoms with E-state index in [-0.39, 0.29) is 10.6 Å². The van der Waals surface area contributed by atoms with Crippen molar-refractivity contribution in [3.8, 4) is 5.69 Å². The molecule has 10 heteroatoms. The average Bonchev–Trinajstić information content (AvgIpc) is 3.06. The highest BCUT2D eigenvalue weighted by Gasteiger charge is 2.33. The number of benzene rings is 2. The van der Waals surface area contributed by atoms with Crippen molar-refractivity contribution >= 4 is 27.3 Å². The fourth-order valence-electron chi connectivity index (χ4n) is 4.40. The Bertz CT molecular complexity index is 1400. The molecule has 2 aromatic carbocycles. The van der Waals surface area contributed by atoms with Gasteiger partial charge in [0.1, 0.15) is 12.2 Å². The number of nitrogens with zero attached hydrogens (tertiary/aromatic N) is 4. The largest absolute Gasteiger partial charge is 0.296 e. The molecule has 1 aliphatic carbocycles. The van der Waals surface area contributed by atoms with Crippen LogP contribution < -0.4 is 15.3 Å². The molecule has 1 amide bonds. The van der Waals surface area contributed by atoms with E-state index < -0.39 is 28.0 Å². The molecular formula is C26H31N5O4S. The van der Waals surface area contributed by atoms with Crippen LogP contribution in [0.25, 0.3) is 5.69 Å². The number of sulfonamides is 1. The molecule has 1 aromatic heterocycles. The summed E-state index contributed by atoms with van der Waals surface area (Å²) in [5.41, 5.74) is 3.80. The molecule has 0 atom stereocenters. The summed E-state index contributed by atoms with van der Waals surface area (Å²) in [6.45, 7) is 1.08. The first-order valence-corrected chi connectivity index (χ1v) is 13.5. The second kappa shape index (κ2) is 10.9. The van der Waals surface area contributed by atoms with Crippen LogP contribution in [0.1, 0.15) is 44.2 Å². The minimum Gasteiger partial charge on any atom is -0.283 e. The van der Waals surface area contributed by atoms with Crippen LogP contribution in [0.15, 0.2) is 75.5 Å². The van der Waals surface area contributed by atoms with Gasteiger partial charge in [-0.15, -0.1) is 0 Å². The zero-order chi connectivity index (χ0) is 25.7. The molecule has 0 saturated heterocycles. The molecule has 1 N–H and O–H groups in total. The number of aromatic nitrogens is 2. The zero-order valence-electron chi connectivity index (χ0n) is 20.6. The highest BCUT2D eigenvalue weighted by atomic mass is 32.2. The van der Waals surface area contributed by atoms with Crippen molar-refractivity contribution in [1.29, 1.82) is 0 Å². The monoisotopic (exact) mass is 509 g/mol. The second-order valence-electron chi connectivity index (χ2n) is 8.86. The first kappa shape index (κ1) is 25.4. The number of hydrogen-bond donors (Lipinski definition) is 1. The van der Waals surface area contributed by atoms with Gasteiger partial charge in [-0.2, -0.15) is 5.10 Å². The van der Waals surface area contributed by atoms with Gasteiger partial charge in [0, 0.05) is 12.8 Å². The van der Waals surface area contributed by atoms with Crippen LogP contribution in [0, 0.1) is 6.92 Å². The second-order valence-corrected chi connectivity index (χ2v) is 10.7. The van der Waals surface area contributed by atoms with Gasteiger partial charge in [-0.1, -0.05) is 49.2 Å². The fourth-order valence-corrected chi connectivity index (χ4v) is 5.89. The molecule has 1 aliphatic rings. The Morgan fingerprint density at radius 1 is 0.972 bits per heavy atom. The lowest BCUT2D eigenvalue weighted by molar-refractivity contribution is -0.119. The Morgan fingerprint density at radius 3 is 2.17 bits per heavy atom. The van der Waals surface area contributed by atoms with E-state index >= 15 is 0 Å². The molecule has 4 rings (SSSR count). The molecule has 190 valence electrons. The van der Waals surface area contributed by atoms with E-state index in [9.17, 15) is 18.0 Å². The quantitative estimate of drug-likeness (QED) is 0.389. The molecule has 0 bridgehead atoms. The van der Waals surface area contributed by atoms with Crippen LogP contribution >= 0.6 is 0 Å². The number of anilines is 1. The Hall–Kier alpha value is -3.66. The number of amides is 1. The highest BCUT2D eigenvalue weighted by Crippen LogP contribution is 2.25. The number of para-hydroxylation sites is 1. The summed E-state index contributed by atoms with van der Waals surface area (Å²) in [7, 11) is -2.55. The molecule has 0 spiro atoms. The fraction of sp³-hybridized carbons (Fsp3) is 0.346. The zero-order valence-corrected chi connectivity index (χ0v) is 21.4. The van der Waals surface area contributed by atoms with Gasteiger partial charge >= 0.3 is 0 Å². The van der Waals surface area contributed by atoms with Crippen LogP contribution in [-0.2, 0) is 21.9 Å². The summed E-state index contributed by atoms with van der Waals surface area (Å²) in [5.74, 6) is -0.611. The predicted octanol–water partition coefficient (Wildman–Crippen LogP) is 3.51. The van der Waals surface area contributed by atoms with Crippen molar-refractivity contribution in [2.45, 2.75) is 50.3 Å². The molecule has 0 aliphatic heterocycles. The Balaban J connectivity index is 1.75. The number of nitrogens with one attached hydrogen (secondary N) is 1. The number of hydrazone groups is 1. The third kappa shape index (κ3) is 5.28. The summed E-state index contributed by atoms with van der Waals surface area (Å²) >= 11 is 0. The smallest absolute Gasteiger partial charge is 0.283 e. The molecule has 3 aromatic rings. The van der Waals surface area contributed by atoms with Gasteiger partial charge in [0.05, 0.1) is 16.3 Å². The van der Waals surface area contributed by atoms with Crippen LogP contribution in [0.4, 0.5) is 5.69 Å². The van der Waals surface area contributed by atoms with Gasteiger partial charge in [0.25, 0.3) is 21.5 Å². The first-order chi connectivity index (χ1) is 17.3. The SMILES string of the molecule is Cc1c(N(CC(=O)NN=C2CCCCCC2)S(=O)(=O)c2ccccc2)c(=O)n(-c2ccccc2)n1C. The van der Waals surface area contributed by atoms with Crippen LogP contribution in [0.2, 0.25) is 0 Å². The maximum absolute atomic E-state index is 13.7. The van der Waals surface area contributed by atoms with Crippen LogP contribution in [0.5, 0.6) is 0 Å². The van der Waals surface area contributed by atoms with Crippen molar-refractivity contribution in [2.75, 3.05) is 10.8 Å². The average molecular weight is 510 g/mol. The molecular weight excluding hydrogens is 478 g/mol. The van der Waals surface area contributed by atoms with Gasteiger partial charge in [-0.3, -0.25) is 14.3 Å². The molecule has 9 nitrogen and oxygen atoms in total. The predicted molar refractivity (Wildman–Crippen MR) is 140 cm³/mol. The Morgan fingerprint density at radius 2 is 1.56 bits per heavy atom. The molecule has 36 heavy (non-hydrogen) atoms. The highest BCUT2D eigenvalue weighted by molar-refractivity contribution is 7.92. The summed E-state index contributed by atoms with van der Waals surface area (Å²) in [4.78, 5) is 26.6. The van der Waals surface area contributed by atoms with Crippen molar-refractivity contribution in [1.82, 2.24) is 14.8 Å². The van der Waals surface area contributed by atoms with Crippen molar-refractivity contribution in [2.24, 2.45) is 12.1 Å². The minimum absolute atomic E-state index is 0.0122. The van der Waals surface area contributed by atoms with Gasteiger partial charge in [0.15, 0.2) is 0 Å². The van der Waals surface area contributed by atoms with Gasteiger partial charge in [-0.25, -0.2) is 22.8 Å². The maximum atomic E-state index is 13.7.